The summed E-state index contributed by atoms with van der Waals surface area (Å²) >= 11 is 0. The monoisotopic (exact) mass is 305 g/mol. The molecule has 6 heteroatoms. The summed E-state index contributed by atoms with van der Waals surface area (Å²) in [5, 5.41) is 10.5. The maximum absolute atomic E-state index is 12.1. The minimum Gasteiger partial charge on any atom is -0.508 e. The zero-order valence-corrected chi connectivity index (χ0v) is 11.9. The van der Waals surface area contributed by atoms with Gasteiger partial charge >= 0.3 is 5.63 Å². The van der Waals surface area contributed by atoms with E-state index >= 15 is 0 Å². The molecule has 0 amide bonds. The number of hydrogen-bond donors (Lipinski definition) is 2. The second kappa shape index (κ2) is 4.81. The van der Waals surface area contributed by atoms with Crippen molar-refractivity contribution < 1.29 is 9.52 Å². The third-order valence-electron chi connectivity index (χ3n) is 3.59. The topological polar surface area (TPSA) is 102 Å². The summed E-state index contributed by atoms with van der Waals surface area (Å²) in [5.74, 6) is 0.483. The number of rotatable bonds is 1. The van der Waals surface area contributed by atoms with E-state index in [0.717, 1.165) is 0 Å². The van der Waals surface area contributed by atoms with E-state index in [-0.39, 0.29) is 17.0 Å². The first kappa shape index (κ1) is 13.3. The summed E-state index contributed by atoms with van der Waals surface area (Å²) in [6.45, 7) is 0. The molecule has 112 valence electrons. The van der Waals surface area contributed by atoms with Crippen LogP contribution >= 0.6 is 0 Å². The molecule has 0 aliphatic rings. The van der Waals surface area contributed by atoms with Crippen molar-refractivity contribution in [3.05, 3.63) is 59.0 Å². The molecule has 2 aromatic heterocycles. The Morgan fingerprint density at radius 2 is 1.87 bits per heavy atom. The molecule has 0 aliphatic heterocycles. The van der Waals surface area contributed by atoms with Gasteiger partial charge in [0, 0.05) is 10.9 Å². The van der Waals surface area contributed by atoms with E-state index in [1.54, 1.807) is 36.4 Å². The van der Waals surface area contributed by atoms with Crippen LogP contribution in [0.2, 0.25) is 0 Å². The quantitative estimate of drug-likeness (QED) is 0.414. The van der Waals surface area contributed by atoms with Crippen molar-refractivity contribution >= 4 is 27.7 Å². The van der Waals surface area contributed by atoms with Crippen LogP contribution in [0.1, 0.15) is 0 Å². The van der Waals surface area contributed by atoms with Crippen molar-refractivity contribution in [1.29, 1.82) is 0 Å². The second-order valence-corrected chi connectivity index (χ2v) is 5.09. The van der Waals surface area contributed by atoms with Crippen molar-refractivity contribution in [3.63, 3.8) is 0 Å². The van der Waals surface area contributed by atoms with Crippen molar-refractivity contribution in [1.82, 2.24) is 9.97 Å². The predicted octanol–water partition coefficient (Wildman–Crippen LogP) is 2.69. The Kier molecular flexibility index (Phi) is 2.77. The largest absolute Gasteiger partial charge is 0.508 e. The molecule has 0 atom stereocenters. The zero-order chi connectivity index (χ0) is 16.0. The molecule has 2 aromatic carbocycles. The molecule has 4 aromatic rings. The third-order valence-corrected chi connectivity index (χ3v) is 3.59. The standard InChI is InChI=1S/C17H11N3O3/c18-15-13-14(11-6-1-2-7-12(11)23-17(13)22)19-16(20-15)9-4-3-5-10(21)8-9/h1-8,21H,(H2,18,19,20). The maximum Gasteiger partial charge on any atom is 0.349 e. The van der Waals surface area contributed by atoms with Crippen LogP contribution in [-0.4, -0.2) is 15.1 Å². The van der Waals surface area contributed by atoms with Gasteiger partial charge in [0.2, 0.25) is 0 Å². The highest BCUT2D eigenvalue weighted by Crippen LogP contribution is 2.27. The fourth-order valence-electron chi connectivity index (χ4n) is 2.55. The Bertz CT molecular complexity index is 1120. The van der Waals surface area contributed by atoms with Crippen LogP contribution in [0.3, 0.4) is 0 Å². The molecule has 0 fully saturated rings. The highest BCUT2D eigenvalue weighted by Gasteiger charge is 2.15. The molecule has 2 heterocycles. The van der Waals surface area contributed by atoms with Crippen LogP contribution < -0.4 is 11.4 Å². The molecule has 3 N–H and O–H groups in total. The number of nitrogen functional groups attached to an aromatic ring is 1. The van der Waals surface area contributed by atoms with E-state index in [9.17, 15) is 9.90 Å². The molecular weight excluding hydrogens is 294 g/mol. The van der Waals surface area contributed by atoms with Crippen LogP contribution in [0.25, 0.3) is 33.3 Å². The number of phenolic OH excluding ortho intramolecular Hbond substituents is 1. The second-order valence-electron chi connectivity index (χ2n) is 5.09. The number of phenols is 1. The van der Waals surface area contributed by atoms with E-state index in [0.29, 0.717) is 27.9 Å². The number of para-hydroxylation sites is 1. The van der Waals surface area contributed by atoms with E-state index in [1.807, 2.05) is 6.07 Å². The zero-order valence-electron chi connectivity index (χ0n) is 11.9. The van der Waals surface area contributed by atoms with Gasteiger partial charge in [-0.1, -0.05) is 24.3 Å². The van der Waals surface area contributed by atoms with E-state index in [1.165, 1.54) is 6.07 Å². The Labute approximate surface area is 129 Å². The lowest BCUT2D eigenvalue weighted by molar-refractivity contribution is 0.475. The summed E-state index contributed by atoms with van der Waals surface area (Å²) in [6, 6.07) is 13.6. The molecule has 0 aliphatic carbocycles. The Morgan fingerprint density at radius 3 is 2.70 bits per heavy atom. The van der Waals surface area contributed by atoms with Gasteiger partial charge in [0.1, 0.15) is 22.5 Å². The van der Waals surface area contributed by atoms with Crippen molar-refractivity contribution in [2.45, 2.75) is 0 Å². The molecule has 0 radical (unpaired) electrons. The molecule has 0 spiro atoms. The number of aromatic nitrogens is 2. The first-order valence-electron chi connectivity index (χ1n) is 6.92. The van der Waals surface area contributed by atoms with Crippen LogP contribution in [0.15, 0.2) is 57.7 Å². The summed E-state index contributed by atoms with van der Waals surface area (Å²) in [7, 11) is 0. The van der Waals surface area contributed by atoms with Gasteiger partial charge in [0.25, 0.3) is 0 Å². The number of nitrogens with two attached hydrogens (primary N) is 1. The molecule has 23 heavy (non-hydrogen) atoms. The first-order valence-corrected chi connectivity index (χ1v) is 6.92. The van der Waals surface area contributed by atoms with Gasteiger partial charge in [-0.25, -0.2) is 14.8 Å². The Hall–Kier alpha value is -3.41. The Balaban J connectivity index is 2.14. The van der Waals surface area contributed by atoms with E-state index in [2.05, 4.69) is 9.97 Å². The molecular formula is C17H11N3O3. The van der Waals surface area contributed by atoms with Gasteiger partial charge in [-0.05, 0) is 24.3 Å². The summed E-state index contributed by atoms with van der Waals surface area (Å²) in [4.78, 5) is 20.8. The molecule has 4 rings (SSSR count). The maximum atomic E-state index is 12.1. The molecule has 0 saturated carbocycles. The lowest BCUT2D eigenvalue weighted by Gasteiger charge is -2.07. The van der Waals surface area contributed by atoms with E-state index < -0.39 is 5.63 Å². The minimum atomic E-state index is -0.571. The number of aromatic hydroxyl groups is 1. The molecule has 0 bridgehead atoms. The van der Waals surface area contributed by atoms with Crippen LogP contribution in [0.5, 0.6) is 5.75 Å². The van der Waals surface area contributed by atoms with Gasteiger partial charge in [-0.3, -0.25) is 0 Å². The molecule has 0 saturated heterocycles. The van der Waals surface area contributed by atoms with Crippen molar-refractivity contribution in [2.24, 2.45) is 0 Å². The predicted molar refractivity (Wildman–Crippen MR) is 87.1 cm³/mol. The Morgan fingerprint density at radius 1 is 1.04 bits per heavy atom. The highest BCUT2D eigenvalue weighted by molar-refractivity contribution is 6.05. The third kappa shape index (κ3) is 2.08. The van der Waals surface area contributed by atoms with Crippen molar-refractivity contribution in [3.8, 4) is 17.1 Å². The normalized spacial score (nSPS) is 11.1. The minimum absolute atomic E-state index is 0.0489. The lowest BCUT2D eigenvalue weighted by Crippen LogP contribution is -2.08. The average Bonchev–Trinajstić information content (AvgIpc) is 2.54. The van der Waals surface area contributed by atoms with Gasteiger partial charge < -0.3 is 15.3 Å². The van der Waals surface area contributed by atoms with Crippen LogP contribution in [0.4, 0.5) is 5.82 Å². The van der Waals surface area contributed by atoms with Gasteiger partial charge in [0.15, 0.2) is 5.82 Å². The number of nitrogens with zero attached hydrogens (tertiary/aromatic N) is 2. The number of hydrogen-bond acceptors (Lipinski definition) is 6. The fourth-order valence-corrected chi connectivity index (χ4v) is 2.55. The first-order chi connectivity index (χ1) is 11.1. The summed E-state index contributed by atoms with van der Waals surface area (Å²) in [6.07, 6.45) is 0. The fraction of sp³-hybridized carbons (Fsp3) is 0. The SMILES string of the molecule is Nc1nc(-c2cccc(O)c2)nc2c1c(=O)oc1ccccc12. The highest BCUT2D eigenvalue weighted by atomic mass is 16.4. The van der Waals surface area contributed by atoms with E-state index in [4.69, 9.17) is 10.2 Å². The molecule has 0 unspecified atom stereocenters. The van der Waals surface area contributed by atoms with Crippen LogP contribution in [-0.2, 0) is 0 Å². The number of benzene rings is 2. The number of fused-ring (bicyclic) bond motifs is 3. The van der Waals surface area contributed by atoms with Crippen molar-refractivity contribution in [2.75, 3.05) is 5.73 Å². The summed E-state index contributed by atoms with van der Waals surface area (Å²) < 4.78 is 5.26. The van der Waals surface area contributed by atoms with Gasteiger partial charge in [0.05, 0.1) is 5.52 Å². The molecule has 6 nitrogen and oxygen atoms in total. The summed E-state index contributed by atoms with van der Waals surface area (Å²) in [5.41, 5.74) is 6.86. The van der Waals surface area contributed by atoms with Gasteiger partial charge in [-0.15, -0.1) is 0 Å². The van der Waals surface area contributed by atoms with Crippen LogP contribution in [0, 0.1) is 0 Å². The van der Waals surface area contributed by atoms with Gasteiger partial charge in [-0.2, -0.15) is 0 Å². The average molecular weight is 305 g/mol. The lowest BCUT2D eigenvalue weighted by atomic mass is 10.1. The number of anilines is 1. The smallest absolute Gasteiger partial charge is 0.349 e.